The van der Waals surface area contributed by atoms with Crippen molar-refractivity contribution >= 4 is 39.1 Å². The number of hydrogen-bond donors (Lipinski definition) is 3. The van der Waals surface area contributed by atoms with Gasteiger partial charge in [0.2, 0.25) is 5.91 Å². The molecule has 0 fully saturated rings. The van der Waals surface area contributed by atoms with Crippen molar-refractivity contribution in [2.24, 2.45) is 0 Å². The van der Waals surface area contributed by atoms with E-state index in [-0.39, 0.29) is 24.3 Å². The van der Waals surface area contributed by atoms with Gasteiger partial charge in [0.05, 0.1) is 11.8 Å². The lowest BCUT2D eigenvalue weighted by Gasteiger charge is -2.07. The summed E-state index contributed by atoms with van der Waals surface area (Å²) in [5.74, 6) is -0.685. The minimum Gasteiger partial charge on any atom is -0.481 e. The molecule has 0 aliphatic rings. The second-order valence-corrected chi connectivity index (χ2v) is 7.50. The van der Waals surface area contributed by atoms with Gasteiger partial charge in [0.25, 0.3) is 5.56 Å². The molecular formula is C19H19N3O4S. The molecule has 2 heterocycles. The molecule has 8 heteroatoms. The Morgan fingerprint density at radius 1 is 1.30 bits per heavy atom. The van der Waals surface area contributed by atoms with E-state index < -0.39 is 5.97 Å². The van der Waals surface area contributed by atoms with Crippen molar-refractivity contribution in [1.29, 1.82) is 0 Å². The summed E-state index contributed by atoms with van der Waals surface area (Å²) in [5.41, 5.74) is 1.91. The first-order chi connectivity index (χ1) is 12.8. The van der Waals surface area contributed by atoms with Gasteiger partial charge < -0.3 is 15.4 Å². The molecule has 3 N–H and O–H groups in total. The van der Waals surface area contributed by atoms with E-state index in [4.69, 9.17) is 5.11 Å². The number of carbonyl (C=O) groups excluding carboxylic acids is 1. The Bertz CT molecular complexity index is 1080. The summed E-state index contributed by atoms with van der Waals surface area (Å²) in [4.78, 5) is 44.2. The van der Waals surface area contributed by atoms with Crippen LogP contribution in [0.15, 0.2) is 29.1 Å². The Labute approximate surface area is 159 Å². The van der Waals surface area contributed by atoms with Gasteiger partial charge in [-0.3, -0.25) is 14.4 Å². The second-order valence-electron chi connectivity index (χ2n) is 6.30. The Hall–Kier alpha value is -3.00. The minimum atomic E-state index is -0.928. The fourth-order valence-corrected chi connectivity index (χ4v) is 3.86. The molecule has 1 aromatic carbocycles. The predicted molar refractivity (Wildman–Crippen MR) is 104 cm³/mol. The predicted octanol–water partition coefficient (Wildman–Crippen LogP) is 2.80. The highest BCUT2D eigenvalue weighted by molar-refractivity contribution is 7.18. The van der Waals surface area contributed by atoms with E-state index in [0.29, 0.717) is 33.7 Å². The van der Waals surface area contributed by atoms with Crippen molar-refractivity contribution in [3.8, 4) is 0 Å². The number of nitrogens with one attached hydrogen (secondary N) is 2. The first kappa shape index (κ1) is 18.8. The molecule has 0 radical (unpaired) electrons. The second kappa shape index (κ2) is 7.71. The lowest BCUT2D eigenvalue weighted by Crippen LogP contribution is -2.16. The SMILES string of the molecule is Cc1sc2nc(CCC(=O)Nc3cccc(CC(=O)O)c3)[nH]c(=O)c2c1C. The lowest BCUT2D eigenvalue weighted by molar-refractivity contribution is -0.136. The van der Waals surface area contributed by atoms with Crippen LogP contribution in [0.5, 0.6) is 0 Å². The zero-order chi connectivity index (χ0) is 19.6. The van der Waals surface area contributed by atoms with Gasteiger partial charge in [0.15, 0.2) is 0 Å². The molecule has 27 heavy (non-hydrogen) atoms. The maximum Gasteiger partial charge on any atom is 0.307 e. The van der Waals surface area contributed by atoms with E-state index >= 15 is 0 Å². The van der Waals surface area contributed by atoms with Crippen LogP contribution in [0, 0.1) is 13.8 Å². The van der Waals surface area contributed by atoms with Crippen LogP contribution in [0.1, 0.15) is 28.2 Å². The fourth-order valence-electron chi connectivity index (χ4n) is 2.81. The first-order valence-corrected chi connectivity index (χ1v) is 9.24. The number of carbonyl (C=O) groups is 2. The molecule has 0 spiro atoms. The number of aromatic amines is 1. The number of rotatable bonds is 6. The molecule has 1 amide bonds. The number of hydrogen-bond acceptors (Lipinski definition) is 5. The van der Waals surface area contributed by atoms with Gasteiger partial charge in [-0.25, -0.2) is 4.98 Å². The van der Waals surface area contributed by atoms with Gasteiger partial charge in [-0.1, -0.05) is 12.1 Å². The monoisotopic (exact) mass is 385 g/mol. The third-order valence-electron chi connectivity index (χ3n) is 4.24. The van der Waals surface area contributed by atoms with Gasteiger partial charge in [-0.05, 0) is 37.1 Å². The van der Waals surface area contributed by atoms with Crippen LogP contribution in [0.4, 0.5) is 5.69 Å². The van der Waals surface area contributed by atoms with Crippen LogP contribution >= 0.6 is 11.3 Å². The zero-order valence-corrected chi connectivity index (χ0v) is 15.8. The molecule has 0 unspecified atom stereocenters. The van der Waals surface area contributed by atoms with Crippen molar-refractivity contribution in [1.82, 2.24) is 9.97 Å². The van der Waals surface area contributed by atoms with Crippen LogP contribution in [0.25, 0.3) is 10.2 Å². The number of thiophene rings is 1. The van der Waals surface area contributed by atoms with Crippen LogP contribution in [-0.2, 0) is 22.4 Å². The Morgan fingerprint density at radius 3 is 2.81 bits per heavy atom. The standard InChI is InChI=1S/C19H19N3O4S/c1-10-11(2)27-19-17(10)18(26)21-14(22-19)6-7-15(23)20-13-5-3-4-12(8-13)9-16(24)25/h3-5,8H,6-7,9H2,1-2H3,(H,20,23)(H,24,25)(H,21,22,26). The third-order valence-corrected chi connectivity index (χ3v) is 5.34. The molecule has 3 rings (SSSR count). The van der Waals surface area contributed by atoms with Gasteiger partial charge in [0.1, 0.15) is 10.7 Å². The van der Waals surface area contributed by atoms with E-state index in [9.17, 15) is 14.4 Å². The molecule has 140 valence electrons. The number of anilines is 1. The maximum atomic E-state index is 12.3. The number of aromatic nitrogens is 2. The first-order valence-electron chi connectivity index (χ1n) is 8.43. The number of aryl methyl sites for hydroxylation is 3. The third kappa shape index (κ3) is 4.40. The highest BCUT2D eigenvalue weighted by atomic mass is 32.1. The Morgan fingerprint density at radius 2 is 2.07 bits per heavy atom. The summed E-state index contributed by atoms with van der Waals surface area (Å²) in [6, 6.07) is 6.73. The highest BCUT2D eigenvalue weighted by Crippen LogP contribution is 2.25. The summed E-state index contributed by atoms with van der Waals surface area (Å²) in [6.45, 7) is 3.85. The number of benzene rings is 1. The van der Waals surface area contributed by atoms with Crippen molar-refractivity contribution in [3.63, 3.8) is 0 Å². The van der Waals surface area contributed by atoms with E-state index in [0.717, 1.165) is 10.4 Å². The van der Waals surface area contributed by atoms with Crippen molar-refractivity contribution in [3.05, 3.63) is 56.4 Å². The van der Waals surface area contributed by atoms with Crippen LogP contribution in [0.2, 0.25) is 0 Å². The quantitative estimate of drug-likeness (QED) is 0.604. The van der Waals surface area contributed by atoms with Gasteiger partial charge in [-0.2, -0.15) is 0 Å². The van der Waals surface area contributed by atoms with E-state index in [1.165, 1.54) is 11.3 Å². The van der Waals surface area contributed by atoms with Crippen LogP contribution in [-0.4, -0.2) is 27.0 Å². The molecule has 0 saturated carbocycles. The number of amides is 1. The Balaban J connectivity index is 1.67. The summed E-state index contributed by atoms with van der Waals surface area (Å²) >= 11 is 1.47. The molecule has 0 bridgehead atoms. The van der Waals surface area contributed by atoms with Crippen molar-refractivity contribution < 1.29 is 14.7 Å². The fraction of sp³-hybridized carbons (Fsp3) is 0.263. The van der Waals surface area contributed by atoms with Crippen molar-refractivity contribution in [2.45, 2.75) is 33.1 Å². The summed E-state index contributed by atoms with van der Waals surface area (Å²) in [5, 5.41) is 12.2. The number of aliphatic carboxylic acids is 1. The molecule has 2 aromatic heterocycles. The summed E-state index contributed by atoms with van der Waals surface area (Å²) < 4.78 is 0. The molecule has 7 nitrogen and oxygen atoms in total. The number of carboxylic acid groups (broad SMARTS) is 1. The molecule has 0 saturated heterocycles. The van der Waals surface area contributed by atoms with Crippen molar-refractivity contribution in [2.75, 3.05) is 5.32 Å². The average molecular weight is 385 g/mol. The van der Waals surface area contributed by atoms with Gasteiger partial charge in [0, 0.05) is 23.4 Å². The number of nitrogens with zero attached hydrogens (tertiary/aromatic N) is 1. The number of fused-ring (bicyclic) bond motifs is 1. The molecule has 0 aliphatic carbocycles. The molecular weight excluding hydrogens is 366 g/mol. The topological polar surface area (TPSA) is 112 Å². The van der Waals surface area contributed by atoms with Gasteiger partial charge >= 0.3 is 5.97 Å². The van der Waals surface area contributed by atoms with Crippen LogP contribution < -0.4 is 10.9 Å². The summed E-state index contributed by atoms with van der Waals surface area (Å²) in [7, 11) is 0. The smallest absolute Gasteiger partial charge is 0.307 e. The molecule has 0 atom stereocenters. The number of H-pyrrole nitrogens is 1. The summed E-state index contributed by atoms with van der Waals surface area (Å²) in [6.07, 6.45) is 0.358. The highest BCUT2D eigenvalue weighted by Gasteiger charge is 2.13. The Kier molecular flexibility index (Phi) is 5.36. The zero-order valence-electron chi connectivity index (χ0n) is 15.0. The van der Waals surface area contributed by atoms with E-state index in [1.54, 1.807) is 24.3 Å². The lowest BCUT2D eigenvalue weighted by atomic mass is 10.1. The maximum absolute atomic E-state index is 12.3. The largest absolute Gasteiger partial charge is 0.481 e. The average Bonchev–Trinajstić information content (AvgIpc) is 2.87. The minimum absolute atomic E-state index is 0.103. The normalized spacial score (nSPS) is 10.9. The van der Waals surface area contributed by atoms with E-state index in [2.05, 4.69) is 15.3 Å². The molecule has 0 aliphatic heterocycles. The van der Waals surface area contributed by atoms with Crippen LogP contribution in [0.3, 0.4) is 0 Å². The number of carboxylic acids is 1. The van der Waals surface area contributed by atoms with Gasteiger partial charge in [-0.15, -0.1) is 11.3 Å². The molecule has 3 aromatic rings. The van der Waals surface area contributed by atoms with E-state index in [1.807, 2.05) is 13.8 Å².